The van der Waals surface area contributed by atoms with Crippen LogP contribution >= 0.6 is 0 Å². The first kappa shape index (κ1) is 14.3. The number of nitrogens with zero attached hydrogens (tertiary/aromatic N) is 1. The third-order valence-corrected chi connectivity index (χ3v) is 2.72. The molecule has 4 N–H and O–H groups in total. The summed E-state index contributed by atoms with van der Waals surface area (Å²) in [5, 5.41) is 13.9. The molecule has 0 aliphatic carbocycles. The van der Waals surface area contributed by atoms with Gasteiger partial charge in [-0.15, -0.1) is 0 Å². The van der Waals surface area contributed by atoms with Crippen molar-refractivity contribution in [2.75, 3.05) is 12.4 Å². The highest BCUT2D eigenvalue weighted by Gasteiger charge is 2.21. The predicted molar refractivity (Wildman–Crippen MR) is 73.3 cm³/mol. The molecule has 8 heteroatoms. The molecule has 8 nitrogen and oxygen atoms in total. The van der Waals surface area contributed by atoms with Gasteiger partial charge in [-0.25, -0.2) is 9.78 Å². The van der Waals surface area contributed by atoms with Gasteiger partial charge < -0.3 is 20.7 Å². The van der Waals surface area contributed by atoms with Crippen LogP contribution in [-0.4, -0.2) is 39.9 Å². The Morgan fingerprint density at radius 2 is 1.90 bits per heavy atom. The van der Waals surface area contributed by atoms with Crippen LogP contribution in [0.25, 0.3) is 0 Å². The number of H-pyrrole nitrogens is 1. The molecule has 1 aromatic heterocycles. The highest BCUT2D eigenvalue weighted by Crippen LogP contribution is 2.16. The van der Waals surface area contributed by atoms with Crippen LogP contribution in [0.1, 0.15) is 31.3 Å². The molecule has 0 unspecified atom stereocenters. The Labute approximate surface area is 119 Å². The number of benzene rings is 1. The molecular weight excluding hydrogens is 276 g/mol. The number of carbonyl (C=O) groups excluding carboxylic acids is 2. The summed E-state index contributed by atoms with van der Waals surface area (Å²) >= 11 is 0. The van der Waals surface area contributed by atoms with Gasteiger partial charge in [0.2, 0.25) is 0 Å². The molecular formula is C13H12N4O4. The van der Waals surface area contributed by atoms with Crippen molar-refractivity contribution >= 4 is 23.5 Å². The average molecular weight is 288 g/mol. The Bertz CT molecular complexity index is 708. The lowest BCUT2D eigenvalue weighted by Crippen LogP contribution is -2.22. The van der Waals surface area contributed by atoms with Crippen LogP contribution in [0.2, 0.25) is 0 Å². The van der Waals surface area contributed by atoms with Gasteiger partial charge in [0.25, 0.3) is 11.8 Å². The molecule has 108 valence electrons. The number of aromatic carboxylic acids is 1. The van der Waals surface area contributed by atoms with E-state index in [1.54, 1.807) is 12.1 Å². The second-order valence-corrected chi connectivity index (χ2v) is 4.01. The standard InChI is InChI=1S/C13H12N4O4/c1-14-11(18)7-4-2-3-5-8(7)17-12(19)9-10(13(20)21)16-6-15-9/h2-6H,1H3,(H,14,18)(H,15,16)(H,17,19)(H,20,21). The maximum absolute atomic E-state index is 12.1. The van der Waals surface area contributed by atoms with Crippen molar-refractivity contribution < 1.29 is 19.5 Å². The molecule has 1 aromatic carbocycles. The van der Waals surface area contributed by atoms with Gasteiger partial charge in [0.05, 0.1) is 17.6 Å². The zero-order chi connectivity index (χ0) is 15.4. The molecule has 0 spiro atoms. The summed E-state index contributed by atoms with van der Waals surface area (Å²) in [5.41, 5.74) is -0.0407. The number of aromatic nitrogens is 2. The number of hydrogen-bond acceptors (Lipinski definition) is 4. The van der Waals surface area contributed by atoms with Crippen LogP contribution in [0, 0.1) is 0 Å². The summed E-state index contributed by atoms with van der Waals surface area (Å²) < 4.78 is 0. The lowest BCUT2D eigenvalue weighted by atomic mass is 10.1. The predicted octanol–water partition coefficient (Wildman–Crippen LogP) is 0.720. The van der Waals surface area contributed by atoms with Gasteiger partial charge in [0, 0.05) is 7.05 Å². The minimum atomic E-state index is -1.29. The Hall–Kier alpha value is -3.16. The van der Waals surface area contributed by atoms with Crippen molar-refractivity contribution in [1.82, 2.24) is 15.3 Å². The zero-order valence-electron chi connectivity index (χ0n) is 11.0. The first-order chi connectivity index (χ1) is 10.0. The largest absolute Gasteiger partial charge is 0.477 e. The fourth-order valence-electron chi connectivity index (χ4n) is 1.74. The average Bonchev–Trinajstić information content (AvgIpc) is 2.96. The van der Waals surface area contributed by atoms with Gasteiger partial charge in [-0.3, -0.25) is 9.59 Å². The maximum Gasteiger partial charge on any atom is 0.354 e. The Balaban J connectivity index is 2.30. The Morgan fingerprint density at radius 3 is 2.57 bits per heavy atom. The van der Waals surface area contributed by atoms with E-state index in [9.17, 15) is 14.4 Å². The smallest absolute Gasteiger partial charge is 0.354 e. The molecule has 21 heavy (non-hydrogen) atoms. The number of nitrogens with one attached hydrogen (secondary N) is 3. The highest BCUT2D eigenvalue weighted by molar-refractivity contribution is 6.11. The van der Waals surface area contributed by atoms with E-state index in [2.05, 4.69) is 20.6 Å². The highest BCUT2D eigenvalue weighted by atomic mass is 16.4. The molecule has 0 atom stereocenters. The van der Waals surface area contributed by atoms with E-state index in [1.807, 2.05) is 0 Å². The Kier molecular flexibility index (Phi) is 3.98. The van der Waals surface area contributed by atoms with E-state index in [-0.39, 0.29) is 28.5 Å². The number of aromatic amines is 1. The van der Waals surface area contributed by atoms with E-state index in [1.165, 1.54) is 19.2 Å². The summed E-state index contributed by atoms with van der Waals surface area (Å²) in [6, 6.07) is 6.37. The monoisotopic (exact) mass is 288 g/mol. The lowest BCUT2D eigenvalue weighted by Gasteiger charge is -2.09. The van der Waals surface area contributed by atoms with E-state index >= 15 is 0 Å². The van der Waals surface area contributed by atoms with Gasteiger partial charge >= 0.3 is 5.97 Å². The molecule has 0 fully saturated rings. The topological polar surface area (TPSA) is 124 Å². The SMILES string of the molecule is CNC(=O)c1ccccc1NC(=O)c1nc[nH]c1C(=O)O. The summed E-state index contributed by atoms with van der Waals surface area (Å²) in [6.45, 7) is 0. The van der Waals surface area contributed by atoms with Crippen molar-refractivity contribution in [2.45, 2.75) is 0 Å². The van der Waals surface area contributed by atoms with E-state index in [0.717, 1.165) is 6.33 Å². The van der Waals surface area contributed by atoms with Crippen LogP contribution in [0.4, 0.5) is 5.69 Å². The first-order valence-corrected chi connectivity index (χ1v) is 5.93. The molecule has 2 rings (SSSR count). The molecule has 0 bridgehead atoms. The van der Waals surface area contributed by atoms with Gasteiger partial charge in [0.15, 0.2) is 11.4 Å². The zero-order valence-corrected chi connectivity index (χ0v) is 11.0. The van der Waals surface area contributed by atoms with Gasteiger partial charge in [0.1, 0.15) is 0 Å². The van der Waals surface area contributed by atoms with Crippen LogP contribution in [0.5, 0.6) is 0 Å². The summed E-state index contributed by atoms with van der Waals surface area (Å²) in [4.78, 5) is 40.8. The number of rotatable bonds is 4. The molecule has 2 aromatic rings. The minimum absolute atomic E-state index is 0.255. The molecule has 0 aliphatic heterocycles. The van der Waals surface area contributed by atoms with Crippen molar-refractivity contribution in [3.05, 3.63) is 47.5 Å². The molecule has 1 heterocycles. The number of hydrogen-bond donors (Lipinski definition) is 4. The second kappa shape index (κ2) is 5.87. The Morgan fingerprint density at radius 1 is 1.19 bits per heavy atom. The third-order valence-electron chi connectivity index (χ3n) is 2.72. The number of carboxylic acids is 1. The van der Waals surface area contributed by atoms with Gasteiger partial charge in [-0.05, 0) is 12.1 Å². The van der Waals surface area contributed by atoms with Crippen molar-refractivity contribution in [3.8, 4) is 0 Å². The van der Waals surface area contributed by atoms with Crippen LogP contribution in [-0.2, 0) is 0 Å². The third kappa shape index (κ3) is 2.89. The number of imidazole rings is 1. The van der Waals surface area contributed by atoms with Crippen molar-refractivity contribution in [2.24, 2.45) is 0 Å². The fraction of sp³-hybridized carbons (Fsp3) is 0.0769. The van der Waals surface area contributed by atoms with Crippen LogP contribution in [0.3, 0.4) is 0 Å². The lowest BCUT2D eigenvalue weighted by molar-refractivity contribution is 0.0686. The summed E-state index contributed by atoms with van der Waals surface area (Å²) in [7, 11) is 1.47. The van der Waals surface area contributed by atoms with Crippen molar-refractivity contribution in [3.63, 3.8) is 0 Å². The van der Waals surface area contributed by atoms with E-state index in [0.29, 0.717) is 0 Å². The van der Waals surface area contributed by atoms with E-state index < -0.39 is 11.9 Å². The van der Waals surface area contributed by atoms with Crippen LogP contribution in [0.15, 0.2) is 30.6 Å². The number of anilines is 1. The molecule has 0 radical (unpaired) electrons. The van der Waals surface area contributed by atoms with Crippen molar-refractivity contribution in [1.29, 1.82) is 0 Å². The number of carboxylic acid groups (broad SMARTS) is 1. The quantitative estimate of drug-likeness (QED) is 0.660. The van der Waals surface area contributed by atoms with Gasteiger partial charge in [-0.2, -0.15) is 0 Å². The normalized spacial score (nSPS) is 9.95. The fourth-order valence-corrected chi connectivity index (χ4v) is 1.74. The van der Waals surface area contributed by atoms with Crippen LogP contribution < -0.4 is 10.6 Å². The van der Waals surface area contributed by atoms with E-state index in [4.69, 9.17) is 5.11 Å². The first-order valence-electron chi connectivity index (χ1n) is 5.93. The number of para-hydroxylation sites is 1. The minimum Gasteiger partial charge on any atom is -0.477 e. The number of amides is 2. The summed E-state index contributed by atoms with van der Waals surface area (Å²) in [6.07, 6.45) is 1.11. The second-order valence-electron chi connectivity index (χ2n) is 4.01. The molecule has 2 amide bonds. The number of carbonyl (C=O) groups is 3. The molecule has 0 aliphatic rings. The molecule has 0 saturated heterocycles. The van der Waals surface area contributed by atoms with Gasteiger partial charge in [-0.1, -0.05) is 12.1 Å². The maximum atomic E-state index is 12.1. The summed E-state index contributed by atoms with van der Waals surface area (Å²) in [5.74, 6) is -2.38. The molecule has 0 saturated carbocycles.